The van der Waals surface area contributed by atoms with Crippen molar-refractivity contribution >= 4 is 17.7 Å². The van der Waals surface area contributed by atoms with E-state index in [2.05, 4.69) is 15.6 Å². The van der Waals surface area contributed by atoms with E-state index in [1.165, 1.54) is 23.2 Å². The summed E-state index contributed by atoms with van der Waals surface area (Å²) in [6.07, 6.45) is 3.77. The molecule has 9 nitrogen and oxygen atoms in total. The Labute approximate surface area is 157 Å². The van der Waals surface area contributed by atoms with Crippen molar-refractivity contribution in [2.24, 2.45) is 5.73 Å². The number of hydrogen-bond acceptors (Lipinski definition) is 6. The molecule has 1 fully saturated rings. The number of amides is 2. The first-order valence-electron chi connectivity index (χ1n) is 8.08. The summed E-state index contributed by atoms with van der Waals surface area (Å²) in [5.41, 5.74) is 5.81. The van der Waals surface area contributed by atoms with Gasteiger partial charge in [0.2, 0.25) is 5.90 Å². The zero-order valence-corrected chi connectivity index (χ0v) is 14.4. The van der Waals surface area contributed by atoms with E-state index < -0.39 is 29.5 Å². The molecule has 1 aromatic heterocycles. The van der Waals surface area contributed by atoms with Gasteiger partial charge < -0.3 is 25.7 Å². The topological polar surface area (TPSA) is 135 Å². The second kappa shape index (κ2) is 7.86. The van der Waals surface area contributed by atoms with Gasteiger partial charge in [0.05, 0.1) is 6.33 Å². The van der Waals surface area contributed by atoms with Crippen molar-refractivity contribution in [1.82, 2.24) is 20.2 Å². The van der Waals surface area contributed by atoms with Gasteiger partial charge in [-0.2, -0.15) is 0 Å². The van der Waals surface area contributed by atoms with Gasteiger partial charge in [-0.15, -0.1) is 0 Å². The molecule has 1 saturated heterocycles. The number of imidazole rings is 1. The van der Waals surface area contributed by atoms with Crippen molar-refractivity contribution < 1.29 is 23.1 Å². The Morgan fingerprint density at radius 3 is 2.96 bits per heavy atom. The number of nitrogens with zero attached hydrogens (tertiary/aromatic N) is 2. The Balaban J connectivity index is 1.66. The van der Waals surface area contributed by atoms with Gasteiger partial charge in [-0.3, -0.25) is 15.0 Å². The fourth-order valence-corrected chi connectivity index (χ4v) is 2.47. The predicted molar refractivity (Wildman–Crippen MR) is 93.0 cm³/mol. The summed E-state index contributed by atoms with van der Waals surface area (Å²) in [5, 5.41) is 12.4. The van der Waals surface area contributed by atoms with Crippen molar-refractivity contribution in [2.75, 3.05) is 6.61 Å². The van der Waals surface area contributed by atoms with Gasteiger partial charge in [0.25, 0.3) is 11.8 Å². The van der Waals surface area contributed by atoms with Gasteiger partial charge in [0.1, 0.15) is 24.0 Å². The van der Waals surface area contributed by atoms with Crippen LogP contribution in [0.4, 0.5) is 8.78 Å². The number of benzene rings is 1. The molecule has 1 atom stereocenters. The number of carbonyl (C=O) groups is 2. The summed E-state index contributed by atoms with van der Waals surface area (Å²) in [5.74, 6) is -3.46. The highest BCUT2D eigenvalue weighted by atomic mass is 19.2. The van der Waals surface area contributed by atoms with E-state index in [1.54, 1.807) is 0 Å². The number of rotatable bonds is 4. The lowest BCUT2D eigenvalue weighted by atomic mass is 10.2. The minimum absolute atomic E-state index is 0.00226. The molecule has 0 unspecified atom stereocenters. The molecule has 2 amide bonds. The fourth-order valence-electron chi connectivity index (χ4n) is 2.47. The number of nitrogens with one attached hydrogen (secondary N) is 3. The molecule has 0 radical (unpaired) electrons. The predicted octanol–water partition coefficient (Wildman–Crippen LogP) is 0.232. The number of ether oxygens (including phenoxy) is 1. The van der Waals surface area contributed by atoms with E-state index in [0.717, 1.165) is 18.3 Å². The van der Waals surface area contributed by atoms with E-state index in [1.807, 2.05) is 0 Å². The zero-order valence-electron chi connectivity index (χ0n) is 14.4. The Kier molecular flexibility index (Phi) is 5.34. The van der Waals surface area contributed by atoms with Crippen molar-refractivity contribution in [3.05, 3.63) is 65.5 Å². The minimum Gasteiger partial charge on any atom is -0.474 e. The lowest BCUT2D eigenvalue weighted by Gasteiger charge is -2.13. The van der Waals surface area contributed by atoms with Crippen LogP contribution in [-0.4, -0.2) is 39.9 Å². The molecule has 3 rings (SSSR count). The number of aromatic nitrogens is 2. The number of halogens is 2. The average molecular weight is 390 g/mol. The Morgan fingerprint density at radius 2 is 2.25 bits per heavy atom. The molecule has 11 heteroatoms. The lowest BCUT2D eigenvalue weighted by Crippen LogP contribution is -2.47. The van der Waals surface area contributed by atoms with E-state index in [-0.39, 0.29) is 30.4 Å². The van der Waals surface area contributed by atoms with Crippen molar-refractivity contribution in [2.45, 2.75) is 12.6 Å². The van der Waals surface area contributed by atoms with Crippen LogP contribution in [0.3, 0.4) is 0 Å². The quantitative estimate of drug-likeness (QED) is 0.593. The van der Waals surface area contributed by atoms with Crippen LogP contribution in [0.25, 0.3) is 0 Å². The average Bonchev–Trinajstić information content (AvgIpc) is 3.08. The summed E-state index contributed by atoms with van der Waals surface area (Å²) in [7, 11) is 0. The number of hydrogen-bond donors (Lipinski definition) is 4. The Morgan fingerprint density at radius 1 is 1.46 bits per heavy atom. The van der Waals surface area contributed by atoms with Crippen LogP contribution in [0.1, 0.15) is 16.1 Å². The molecule has 1 aliphatic heterocycles. The van der Waals surface area contributed by atoms with E-state index in [0.29, 0.717) is 5.56 Å². The molecular formula is C17H16F2N6O3. The van der Waals surface area contributed by atoms with Crippen LogP contribution in [0.2, 0.25) is 0 Å². The highest BCUT2D eigenvalue weighted by Gasteiger charge is 2.28. The van der Waals surface area contributed by atoms with Gasteiger partial charge in [0, 0.05) is 18.9 Å². The summed E-state index contributed by atoms with van der Waals surface area (Å²) < 4.78 is 32.9. The van der Waals surface area contributed by atoms with Gasteiger partial charge in [-0.1, -0.05) is 6.07 Å². The molecule has 2 aromatic rings. The number of carbonyl (C=O) groups excluding carboxylic acids is 2. The molecular weight excluding hydrogens is 374 g/mol. The first-order chi connectivity index (χ1) is 13.4. The van der Waals surface area contributed by atoms with Gasteiger partial charge in [-0.25, -0.2) is 13.8 Å². The second-order valence-corrected chi connectivity index (χ2v) is 5.92. The standard InChI is InChI=1S/C17H16F2N6O3/c18-10-2-1-9(3-11(10)19)5-25-6-13(22-8-25)16(26)24-14-7-28-15(21)12(4-20)23-17(14)27/h1-4,6,8,14,21H,5,7,20H2,(H,23,27)(H,24,26)/t14-/m0/s1. The molecule has 0 bridgehead atoms. The highest BCUT2D eigenvalue weighted by Crippen LogP contribution is 2.11. The van der Waals surface area contributed by atoms with Crippen molar-refractivity contribution in [3.63, 3.8) is 0 Å². The third-order valence-corrected chi connectivity index (χ3v) is 3.90. The normalized spacial score (nSPS) is 18.4. The van der Waals surface area contributed by atoms with Crippen LogP contribution in [0.5, 0.6) is 0 Å². The van der Waals surface area contributed by atoms with Crippen molar-refractivity contribution in [1.29, 1.82) is 5.41 Å². The molecule has 1 aliphatic rings. The maximum atomic E-state index is 13.3. The molecule has 0 aliphatic carbocycles. The van der Waals surface area contributed by atoms with Gasteiger partial charge in [0.15, 0.2) is 11.6 Å². The third-order valence-electron chi connectivity index (χ3n) is 3.90. The Bertz CT molecular complexity index is 972. The molecule has 0 saturated carbocycles. The maximum Gasteiger partial charge on any atom is 0.272 e. The second-order valence-electron chi connectivity index (χ2n) is 5.92. The monoisotopic (exact) mass is 390 g/mol. The smallest absolute Gasteiger partial charge is 0.272 e. The van der Waals surface area contributed by atoms with Crippen molar-refractivity contribution in [3.8, 4) is 0 Å². The van der Waals surface area contributed by atoms with Crippen LogP contribution in [0.15, 0.2) is 42.6 Å². The van der Waals surface area contributed by atoms with E-state index in [4.69, 9.17) is 15.9 Å². The summed E-state index contributed by atoms with van der Waals surface area (Å²) in [6, 6.07) is 2.44. The van der Waals surface area contributed by atoms with Crippen LogP contribution in [0, 0.1) is 17.0 Å². The largest absolute Gasteiger partial charge is 0.474 e. The van der Waals surface area contributed by atoms with E-state index >= 15 is 0 Å². The van der Waals surface area contributed by atoms with E-state index in [9.17, 15) is 18.4 Å². The fraction of sp³-hybridized carbons (Fsp3) is 0.176. The highest BCUT2D eigenvalue weighted by molar-refractivity contribution is 6.01. The molecule has 2 heterocycles. The maximum absolute atomic E-state index is 13.3. The molecule has 1 aromatic carbocycles. The van der Waals surface area contributed by atoms with Crippen LogP contribution >= 0.6 is 0 Å². The molecule has 28 heavy (non-hydrogen) atoms. The van der Waals surface area contributed by atoms with Crippen LogP contribution < -0.4 is 16.4 Å². The lowest BCUT2D eigenvalue weighted by molar-refractivity contribution is -0.122. The first-order valence-corrected chi connectivity index (χ1v) is 8.08. The summed E-state index contributed by atoms with van der Waals surface area (Å²) >= 11 is 0. The van der Waals surface area contributed by atoms with Gasteiger partial charge >= 0.3 is 0 Å². The number of nitrogens with two attached hydrogens (primary N) is 1. The molecule has 146 valence electrons. The van der Waals surface area contributed by atoms with Crippen LogP contribution in [-0.2, 0) is 16.1 Å². The van der Waals surface area contributed by atoms with Gasteiger partial charge in [-0.05, 0) is 17.7 Å². The molecule has 0 spiro atoms. The SMILES string of the molecule is N=C1OC[C@H](NC(=O)c2cn(Cc3ccc(F)c(F)c3)cn2)C(=O)NC1=CN. The summed E-state index contributed by atoms with van der Waals surface area (Å²) in [4.78, 5) is 28.4. The first kappa shape index (κ1) is 19.0. The Hall–Kier alpha value is -3.76. The minimum atomic E-state index is -1.05. The summed E-state index contributed by atoms with van der Waals surface area (Å²) in [6.45, 7) is -0.0738. The third kappa shape index (κ3) is 4.14. The molecule has 5 N–H and O–H groups in total. The zero-order chi connectivity index (χ0) is 20.3.